The van der Waals surface area contributed by atoms with Crippen LogP contribution in [0.4, 0.5) is 0 Å². The fraction of sp³-hybridized carbons (Fsp3) is 0.545. The van der Waals surface area contributed by atoms with Gasteiger partial charge in [-0.05, 0) is 62.9 Å². The Labute approximate surface area is 206 Å². The molecule has 0 atom stereocenters. The predicted molar refractivity (Wildman–Crippen MR) is 132 cm³/mol. The highest BCUT2D eigenvalue weighted by Gasteiger charge is 2.14. The molecule has 0 radical (unpaired) electrons. The minimum absolute atomic E-state index is 0.107. The highest BCUT2D eigenvalue weighted by molar-refractivity contribution is 7.89. The number of rotatable bonds is 16. The molecule has 2 aromatic heterocycles. The van der Waals surface area contributed by atoms with E-state index in [2.05, 4.69) is 25.5 Å². The number of unbranched alkanes of at least 4 members (excludes halogenated alkanes) is 2. The SMILES string of the molecule is NCCCCn1cc(CN(CCc2ccc(S(N)(=O)=O)cc2)Cc2cn(CCCCN)nn2)nn1. The maximum atomic E-state index is 11.5. The Morgan fingerprint density at radius 2 is 1.31 bits per heavy atom. The highest BCUT2D eigenvalue weighted by atomic mass is 32.2. The Bertz CT molecular complexity index is 1080. The van der Waals surface area contributed by atoms with E-state index in [1.54, 1.807) is 12.1 Å². The minimum Gasteiger partial charge on any atom is -0.330 e. The van der Waals surface area contributed by atoms with Gasteiger partial charge in [-0.25, -0.2) is 13.6 Å². The normalized spacial score (nSPS) is 12.0. The smallest absolute Gasteiger partial charge is 0.238 e. The molecule has 1 aromatic carbocycles. The van der Waals surface area contributed by atoms with Crippen LogP contribution in [0.15, 0.2) is 41.6 Å². The fourth-order valence-electron chi connectivity index (χ4n) is 3.68. The highest BCUT2D eigenvalue weighted by Crippen LogP contribution is 2.12. The van der Waals surface area contributed by atoms with Crippen LogP contribution in [0.2, 0.25) is 0 Å². The number of hydrogen-bond donors (Lipinski definition) is 3. The number of sulfonamides is 1. The van der Waals surface area contributed by atoms with Gasteiger partial charge in [0.05, 0.1) is 16.3 Å². The number of nitrogens with zero attached hydrogens (tertiary/aromatic N) is 7. The molecule has 0 fully saturated rings. The molecular weight excluding hydrogens is 468 g/mol. The van der Waals surface area contributed by atoms with Crippen molar-refractivity contribution < 1.29 is 8.42 Å². The zero-order valence-electron chi connectivity index (χ0n) is 20.0. The number of primary sulfonamides is 1. The van der Waals surface area contributed by atoms with Gasteiger partial charge in [-0.2, -0.15) is 0 Å². The first-order valence-electron chi connectivity index (χ1n) is 11.9. The Morgan fingerprint density at radius 1 is 0.800 bits per heavy atom. The molecule has 35 heavy (non-hydrogen) atoms. The van der Waals surface area contributed by atoms with Gasteiger partial charge in [0.1, 0.15) is 0 Å². The Kier molecular flexibility index (Phi) is 10.3. The molecule has 0 bridgehead atoms. The molecule has 2 heterocycles. The Balaban J connectivity index is 1.65. The number of aryl methyl sites for hydroxylation is 2. The second kappa shape index (κ2) is 13.4. The van der Waals surface area contributed by atoms with Gasteiger partial charge >= 0.3 is 0 Å². The molecular formula is C22H36N10O2S. The van der Waals surface area contributed by atoms with Gasteiger partial charge in [-0.15, -0.1) is 10.2 Å². The van der Waals surface area contributed by atoms with Crippen LogP contribution in [0.25, 0.3) is 0 Å². The van der Waals surface area contributed by atoms with Crippen molar-refractivity contribution in [2.75, 3.05) is 19.6 Å². The second-order valence-electron chi connectivity index (χ2n) is 8.59. The largest absolute Gasteiger partial charge is 0.330 e. The molecule has 0 amide bonds. The summed E-state index contributed by atoms with van der Waals surface area (Å²) in [6, 6.07) is 6.66. The van der Waals surface area contributed by atoms with Crippen molar-refractivity contribution in [2.24, 2.45) is 16.6 Å². The summed E-state index contributed by atoms with van der Waals surface area (Å²) in [5.41, 5.74) is 13.9. The predicted octanol–water partition coefficient (Wildman–Crippen LogP) is 0.240. The standard InChI is InChI=1S/C22H36N10O2S/c23-10-1-3-12-31-17-20(26-28-31)15-30(16-21-18-32(29-27-21)13-4-2-11-24)14-9-19-5-7-22(8-6-19)35(25,33)34/h5-8,17-18H,1-4,9-16,23-24H2,(H2,25,33,34). The topological polar surface area (TPSA) is 177 Å². The third kappa shape index (κ3) is 9.11. The van der Waals surface area contributed by atoms with E-state index in [1.165, 1.54) is 12.1 Å². The van der Waals surface area contributed by atoms with Crippen LogP contribution in [-0.4, -0.2) is 62.9 Å². The first-order valence-corrected chi connectivity index (χ1v) is 13.4. The first-order chi connectivity index (χ1) is 16.9. The van der Waals surface area contributed by atoms with Crippen LogP contribution in [0.1, 0.15) is 42.6 Å². The van der Waals surface area contributed by atoms with Crippen LogP contribution in [0.5, 0.6) is 0 Å². The zero-order chi connectivity index (χ0) is 25.1. The number of nitrogens with two attached hydrogens (primary N) is 3. The van der Waals surface area contributed by atoms with E-state index in [0.29, 0.717) is 26.2 Å². The van der Waals surface area contributed by atoms with Gasteiger partial charge in [-0.3, -0.25) is 14.3 Å². The molecule has 0 unspecified atom stereocenters. The van der Waals surface area contributed by atoms with Crippen LogP contribution < -0.4 is 16.6 Å². The fourth-order valence-corrected chi connectivity index (χ4v) is 4.20. The molecule has 3 rings (SSSR count). The summed E-state index contributed by atoms with van der Waals surface area (Å²) in [5.74, 6) is 0. The summed E-state index contributed by atoms with van der Waals surface area (Å²) in [4.78, 5) is 2.34. The van der Waals surface area contributed by atoms with Crippen LogP contribution in [-0.2, 0) is 42.6 Å². The Hall–Kier alpha value is -2.71. The number of hydrogen-bond acceptors (Lipinski definition) is 9. The molecule has 6 N–H and O–H groups in total. The molecule has 0 saturated heterocycles. The lowest BCUT2D eigenvalue weighted by molar-refractivity contribution is 0.253. The summed E-state index contributed by atoms with van der Waals surface area (Å²) in [6.45, 7) is 4.84. The summed E-state index contributed by atoms with van der Waals surface area (Å²) < 4.78 is 26.7. The number of benzene rings is 1. The molecule has 12 nitrogen and oxygen atoms in total. The van der Waals surface area contributed by atoms with Crippen molar-refractivity contribution >= 4 is 10.0 Å². The summed E-state index contributed by atoms with van der Waals surface area (Å²) in [5, 5.41) is 22.3. The second-order valence-corrected chi connectivity index (χ2v) is 10.1. The summed E-state index contributed by atoms with van der Waals surface area (Å²) in [7, 11) is -3.70. The first kappa shape index (κ1) is 26.9. The van der Waals surface area contributed by atoms with Crippen molar-refractivity contribution in [2.45, 2.75) is 63.2 Å². The van der Waals surface area contributed by atoms with E-state index in [1.807, 2.05) is 21.8 Å². The molecule has 0 spiro atoms. The number of aromatic nitrogens is 6. The van der Waals surface area contributed by atoms with Crippen molar-refractivity contribution in [1.29, 1.82) is 0 Å². The van der Waals surface area contributed by atoms with Crippen LogP contribution in [0, 0.1) is 0 Å². The van der Waals surface area contributed by atoms with E-state index < -0.39 is 10.0 Å². The van der Waals surface area contributed by atoms with Crippen molar-refractivity contribution in [3.05, 3.63) is 53.6 Å². The van der Waals surface area contributed by atoms with E-state index in [0.717, 1.165) is 68.7 Å². The maximum absolute atomic E-state index is 11.5. The average molecular weight is 505 g/mol. The van der Waals surface area contributed by atoms with Gasteiger partial charge in [-0.1, -0.05) is 22.6 Å². The lowest BCUT2D eigenvalue weighted by atomic mass is 10.1. The molecule has 0 aliphatic carbocycles. The van der Waals surface area contributed by atoms with Crippen molar-refractivity contribution in [3.8, 4) is 0 Å². The monoisotopic (exact) mass is 504 g/mol. The molecule has 192 valence electrons. The quantitative estimate of drug-likeness (QED) is 0.230. The van der Waals surface area contributed by atoms with Gasteiger partial charge in [0, 0.05) is 45.1 Å². The zero-order valence-corrected chi connectivity index (χ0v) is 20.9. The third-order valence-electron chi connectivity index (χ3n) is 5.59. The third-order valence-corrected chi connectivity index (χ3v) is 6.52. The van der Waals surface area contributed by atoms with Gasteiger partial charge < -0.3 is 11.5 Å². The molecule has 0 saturated carbocycles. The van der Waals surface area contributed by atoms with Crippen LogP contribution >= 0.6 is 0 Å². The van der Waals surface area contributed by atoms with Crippen molar-refractivity contribution in [3.63, 3.8) is 0 Å². The van der Waals surface area contributed by atoms with E-state index >= 15 is 0 Å². The maximum Gasteiger partial charge on any atom is 0.238 e. The van der Waals surface area contributed by atoms with E-state index in [9.17, 15) is 8.42 Å². The molecule has 0 aliphatic heterocycles. The van der Waals surface area contributed by atoms with Gasteiger partial charge in [0.25, 0.3) is 0 Å². The average Bonchev–Trinajstić information content (AvgIpc) is 3.47. The Morgan fingerprint density at radius 3 is 1.77 bits per heavy atom. The minimum atomic E-state index is -3.70. The molecule has 3 aromatic rings. The van der Waals surface area contributed by atoms with E-state index in [-0.39, 0.29) is 4.90 Å². The molecule has 13 heteroatoms. The molecule has 0 aliphatic rings. The lowest BCUT2D eigenvalue weighted by Gasteiger charge is -2.20. The van der Waals surface area contributed by atoms with Gasteiger partial charge in [0.2, 0.25) is 10.0 Å². The van der Waals surface area contributed by atoms with E-state index in [4.69, 9.17) is 16.6 Å². The lowest BCUT2D eigenvalue weighted by Crippen LogP contribution is -2.26. The van der Waals surface area contributed by atoms with Crippen molar-refractivity contribution in [1.82, 2.24) is 34.9 Å². The van der Waals surface area contributed by atoms with Crippen LogP contribution in [0.3, 0.4) is 0 Å². The van der Waals surface area contributed by atoms with Gasteiger partial charge in [0.15, 0.2) is 0 Å². The summed E-state index contributed by atoms with van der Waals surface area (Å²) >= 11 is 0. The summed E-state index contributed by atoms with van der Waals surface area (Å²) in [6.07, 6.45) is 8.48.